The minimum absolute atomic E-state index is 0.0269. The van der Waals surface area contributed by atoms with E-state index in [2.05, 4.69) is 24.0 Å². The minimum atomic E-state index is -0.247. The van der Waals surface area contributed by atoms with Crippen molar-refractivity contribution in [3.63, 3.8) is 0 Å². The Morgan fingerprint density at radius 3 is 3.07 bits per heavy atom. The second-order valence-corrected chi connectivity index (χ2v) is 2.74. The van der Waals surface area contributed by atoms with Gasteiger partial charge in [-0.15, -0.1) is 6.58 Å². The van der Waals surface area contributed by atoms with Crippen molar-refractivity contribution in [2.75, 3.05) is 6.54 Å². The molecule has 3 nitrogen and oxygen atoms in total. The van der Waals surface area contributed by atoms with Gasteiger partial charge in [-0.05, 0) is 12.1 Å². The van der Waals surface area contributed by atoms with Gasteiger partial charge in [-0.3, -0.25) is 4.79 Å². The maximum atomic E-state index is 11.0. The molecular weight excluding hydrogens is 176 g/mol. The Balaban J connectivity index is 2.73. The molecule has 1 amide bonds. The van der Waals surface area contributed by atoms with Crippen LogP contribution in [0.4, 0.5) is 0 Å². The van der Waals surface area contributed by atoms with Crippen molar-refractivity contribution in [2.45, 2.75) is 6.04 Å². The number of hydrogen-bond acceptors (Lipinski definition) is 2. The van der Waals surface area contributed by atoms with Gasteiger partial charge >= 0.3 is 0 Å². The molecule has 0 spiro atoms. The normalized spacial score (nSPS) is 11.2. The van der Waals surface area contributed by atoms with Crippen molar-refractivity contribution in [2.24, 2.45) is 5.73 Å². The number of carbonyl (C=O) groups is 1. The first-order valence-electron chi connectivity index (χ1n) is 4.28. The average Bonchev–Trinajstić information content (AvgIpc) is 2.26. The van der Waals surface area contributed by atoms with E-state index in [9.17, 15) is 4.79 Å². The third-order valence-electron chi connectivity index (χ3n) is 1.74. The number of nitrogens with one attached hydrogen (secondary N) is 1. The van der Waals surface area contributed by atoms with Crippen LogP contribution in [-0.4, -0.2) is 12.5 Å². The molecule has 3 heteroatoms. The summed E-state index contributed by atoms with van der Waals surface area (Å²) in [5, 5.41) is 2.70. The monoisotopic (exact) mass is 188 g/mol. The Labute approximate surface area is 83.6 Å². The number of hydrogen-bond donors (Lipinski definition) is 2. The molecule has 0 bridgehead atoms. The lowest BCUT2D eigenvalue weighted by Crippen LogP contribution is -2.32. The number of nitrogens with two attached hydrogens (primary N) is 1. The first-order valence-corrected chi connectivity index (χ1v) is 4.28. The Hall–Kier alpha value is -1.79. The van der Waals surface area contributed by atoms with Gasteiger partial charge in [-0.2, -0.15) is 0 Å². The molecule has 0 fully saturated rings. The first kappa shape index (κ1) is 10.3. The quantitative estimate of drug-likeness (QED) is 0.679. The molecule has 1 aromatic rings. The standard InChI is InChI=1S/C11H12N2O/c1-2-10(13-11(14)8-12)9-6-4-3-5-7-9/h2-4,6,10H,1,8,12H2,(H,13,14)/t10-/m1/s1. The molecule has 72 valence electrons. The Kier molecular flexibility index (Phi) is 3.71. The molecular formula is C11H12N2O. The van der Waals surface area contributed by atoms with E-state index in [0.29, 0.717) is 0 Å². The molecule has 0 aromatic heterocycles. The van der Waals surface area contributed by atoms with E-state index in [-0.39, 0.29) is 18.5 Å². The highest BCUT2D eigenvalue weighted by Crippen LogP contribution is 2.09. The van der Waals surface area contributed by atoms with Crippen LogP contribution in [0.3, 0.4) is 0 Å². The maximum Gasteiger partial charge on any atom is 0.234 e. The molecule has 3 N–H and O–H groups in total. The van der Waals surface area contributed by atoms with Crippen LogP contribution in [0.5, 0.6) is 0 Å². The summed E-state index contributed by atoms with van der Waals surface area (Å²) >= 11 is 0. The van der Waals surface area contributed by atoms with E-state index in [1.807, 2.05) is 12.1 Å². The second kappa shape index (κ2) is 5.05. The maximum absolute atomic E-state index is 11.0. The van der Waals surface area contributed by atoms with Gasteiger partial charge in [0.15, 0.2) is 0 Å². The highest BCUT2D eigenvalue weighted by molar-refractivity contribution is 5.78. The van der Waals surface area contributed by atoms with E-state index in [1.165, 1.54) is 0 Å². The average molecular weight is 188 g/mol. The van der Waals surface area contributed by atoms with Gasteiger partial charge in [-0.1, -0.05) is 24.3 Å². The fourth-order valence-electron chi connectivity index (χ4n) is 1.04. The highest BCUT2D eigenvalue weighted by Gasteiger charge is 2.08. The molecule has 0 aliphatic rings. The molecule has 0 saturated heterocycles. The van der Waals surface area contributed by atoms with E-state index in [0.717, 1.165) is 5.56 Å². The SMILES string of the molecule is C=C[C@@H](NC(=O)CN)c1c#cccc1. The summed E-state index contributed by atoms with van der Waals surface area (Å²) in [6, 6.07) is 10.9. The summed E-state index contributed by atoms with van der Waals surface area (Å²) in [5.41, 5.74) is 6.01. The number of carbonyl (C=O) groups excluding carboxylic acids is 1. The van der Waals surface area contributed by atoms with Gasteiger partial charge in [0, 0.05) is 5.56 Å². The van der Waals surface area contributed by atoms with E-state index in [4.69, 9.17) is 5.73 Å². The summed E-state index contributed by atoms with van der Waals surface area (Å²) in [6.45, 7) is 3.61. The lowest BCUT2D eigenvalue weighted by molar-refractivity contribution is -0.120. The van der Waals surface area contributed by atoms with Crippen molar-refractivity contribution >= 4 is 5.91 Å². The van der Waals surface area contributed by atoms with Crippen LogP contribution in [0.2, 0.25) is 0 Å². The molecule has 1 atom stereocenters. The fourth-order valence-corrected chi connectivity index (χ4v) is 1.04. The van der Waals surface area contributed by atoms with E-state index >= 15 is 0 Å². The lowest BCUT2D eigenvalue weighted by Gasteiger charge is -2.12. The zero-order valence-corrected chi connectivity index (χ0v) is 7.79. The van der Waals surface area contributed by atoms with Crippen LogP contribution in [-0.2, 0) is 4.79 Å². The van der Waals surface area contributed by atoms with Gasteiger partial charge in [0.2, 0.25) is 5.91 Å². The van der Waals surface area contributed by atoms with Crippen molar-refractivity contribution < 1.29 is 4.79 Å². The molecule has 0 heterocycles. The van der Waals surface area contributed by atoms with Crippen molar-refractivity contribution in [1.29, 1.82) is 0 Å². The topological polar surface area (TPSA) is 55.1 Å². The summed E-state index contributed by atoms with van der Waals surface area (Å²) in [5.74, 6) is -0.216. The number of rotatable bonds is 4. The molecule has 14 heavy (non-hydrogen) atoms. The van der Waals surface area contributed by atoms with Crippen molar-refractivity contribution in [3.05, 3.63) is 48.6 Å². The summed E-state index contributed by atoms with van der Waals surface area (Å²) in [6.07, 6.45) is 1.63. The van der Waals surface area contributed by atoms with Crippen LogP contribution in [0, 0.1) is 12.1 Å². The van der Waals surface area contributed by atoms with Gasteiger partial charge in [0.05, 0.1) is 12.6 Å². The summed E-state index contributed by atoms with van der Waals surface area (Å²) in [7, 11) is 0. The second-order valence-electron chi connectivity index (χ2n) is 2.74. The van der Waals surface area contributed by atoms with Crippen molar-refractivity contribution in [1.82, 2.24) is 5.32 Å². The molecule has 0 unspecified atom stereocenters. The largest absolute Gasteiger partial charge is 0.344 e. The third kappa shape index (κ3) is 2.61. The minimum Gasteiger partial charge on any atom is -0.344 e. The molecule has 0 aliphatic heterocycles. The van der Waals surface area contributed by atoms with Crippen LogP contribution >= 0.6 is 0 Å². The highest BCUT2D eigenvalue weighted by atomic mass is 16.1. The summed E-state index contributed by atoms with van der Waals surface area (Å²) in [4.78, 5) is 11.0. The zero-order valence-electron chi connectivity index (χ0n) is 7.79. The Morgan fingerprint density at radius 2 is 2.57 bits per heavy atom. The van der Waals surface area contributed by atoms with Crippen LogP contribution in [0.1, 0.15) is 11.6 Å². The predicted octanol–water partition coefficient (Wildman–Crippen LogP) is 0.589. The lowest BCUT2D eigenvalue weighted by atomic mass is 10.1. The van der Waals surface area contributed by atoms with E-state index < -0.39 is 0 Å². The zero-order chi connectivity index (χ0) is 10.4. The molecule has 1 aromatic carbocycles. The van der Waals surface area contributed by atoms with Crippen LogP contribution in [0.15, 0.2) is 30.9 Å². The Morgan fingerprint density at radius 1 is 1.79 bits per heavy atom. The van der Waals surface area contributed by atoms with Gasteiger partial charge in [0.25, 0.3) is 0 Å². The van der Waals surface area contributed by atoms with Crippen molar-refractivity contribution in [3.8, 4) is 0 Å². The van der Waals surface area contributed by atoms with Gasteiger partial charge in [-0.25, -0.2) is 0 Å². The first-order chi connectivity index (χ1) is 6.77. The smallest absolute Gasteiger partial charge is 0.234 e. The predicted molar refractivity (Wildman–Crippen MR) is 54.2 cm³/mol. The van der Waals surface area contributed by atoms with Gasteiger partial charge < -0.3 is 11.1 Å². The molecule has 1 rings (SSSR count). The summed E-state index contributed by atoms with van der Waals surface area (Å²) < 4.78 is 0. The molecule has 0 aliphatic carbocycles. The van der Waals surface area contributed by atoms with E-state index in [1.54, 1.807) is 12.1 Å². The Bertz CT molecular complexity index is 308. The fraction of sp³-hybridized carbons (Fsp3) is 0.182. The molecule has 0 saturated carbocycles. The van der Waals surface area contributed by atoms with Crippen LogP contribution in [0.25, 0.3) is 0 Å². The third-order valence-corrected chi connectivity index (χ3v) is 1.74. The van der Waals surface area contributed by atoms with Gasteiger partial charge in [0.1, 0.15) is 0 Å². The number of amides is 1. The molecule has 0 radical (unpaired) electrons. The van der Waals surface area contributed by atoms with Crippen LogP contribution < -0.4 is 11.1 Å².